The summed E-state index contributed by atoms with van der Waals surface area (Å²) in [6, 6.07) is 11.2. The predicted molar refractivity (Wildman–Crippen MR) is 113 cm³/mol. The highest BCUT2D eigenvalue weighted by molar-refractivity contribution is 8.15. The Morgan fingerprint density at radius 3 is 2.52 bits per heavy atom. The third-order valence-corrected chi connectivity index (χ3v) is 6.31. The number of thioether (sulfide) groups is 1. The van der Waals surface area contributed by atoms with E-state index in [9.17, 15) is 17.6 Å². The first-order valence-corrected chi connectivity index (χ1v) is 10.9. The SMILES string of the molecule is CCCCC1N=C(c2ccc(C(F)(F)F)cc2)SC1COCc1ccc(C#N)c(F)c1. The van der Waals surface area contributed by atoms with Crippen LogP contribution in [0.15, 0.2) is 47.5 Å². The molecule has 0 saturated heterocycles. The molecule has 31 heavy (non-hydrogen) atoms. The van der Waals surface area contributed by atoms with Crippen molar-refractivity contribution in [2.45, 2.75) is 50.3 Å². The average Bonchev–Trinajstić information content (AvgIpc) is 3.15. The van der Waals surface area contributed by atoms with Gasteiger partial charge in [-0.05, 0) is 36.2 Å². The minimum absolute atomic E-state index is 0.00990. The van der Waals surface area contributed by atoms with E-state index in [2.05, 4.69) is 6.92 Å². The van der Waals surface area contributed by atoms with Crippen LogP contribution in [0, 0.1) is 17.1 Å². The van der Waals surface area contributed by atoms with Crippen LogP contribution in [0.25, 0.3) is 0 Å². The van der Waals surface area contributed by atoms with E-state index in [-0.39, 0.29) is 23.5 Å². The zero-order valence-corrected chi connectivity index (χ0v) is 17.8. The standard InChI is InChI=1S/C23H22F4N2OS/c1-2-3-4-20-21(14-30-13-15-5-6-17(12-28)19(24)11-15)31-22(29-20)16-7-9-18(10-8-16)23(25,26)27/h5-11,20-21H,2-4,13-14H2,1H3. The molecule has 1 heterocycles. The van der Waals surface area contributed by atoms with Gasteiger partial charge in [-0.3, -0.25) is 4.99 Å². The number of aliphatic imine (C=N–C) groups is 1. The molecule has 2 aromatic carbocycles. The molecule has 0 fully saturated rings. The molecule has 0 aliphatic carbocycles. The molecular formula is C23H22F4N2OS. The van der Waals surface area contributed by atoms with Gasteiger partial charge >= 0.3 is 6.18 Å². The third-order valence-electron chi connectivity index (χ3n) is 4.99. The van der Waals surface area contributed by atoms with Crippen molar-refractivity contribution in [1.82, 2.24) is 0 Å². The minimum atomic E-state index is -4.37. The van der Waals surface area contributed by atoms with Gasteiger partial charge in [-0.25, -0.2) is 4.39 Å². The van der Waals surface area contributed by atoms with Crippen LogP contribution in [0.5, 0.6) is 0 Å². The van der Waals surface area contributed by atoms with E-state index >= 15 is 0 Å². The van der Waals surface area contributed by atoms with Crippen molar-refractivity contribution < 1.29 is 22.3 Å². The Balaban J connectivity index is 1.64. The molecule has 2 atom stereocenters. The van der Waals surface area contributed by atoms with E-state index < -0.39 is 17.6 Å². The summed E-state index contributed by atoms with van der Waals surface area (Å²) in [6.07, 6.45) is -1.49. The highest BCUT2D eigenvalue weighted by Gasteiger charge is 2.32. The molecule has 0 radical (unpaired) electrons. The topological polar surface area (TPSA) is 45.4 Å². The van der Waals surface area contributed by atoms with Crippen LogP contribution in [0.1, 0.15) is 48.4 Å². The summed E-state index contributed by atoms with van der Waals surface area (Å²) < 4.78 is 58.0. The second kappa shape index (κ2) is 10.3. The number of nitrogens with zero attached hydrogens (tertiary/aromatic N) is 2. The molecule has 2 unspecified atom stereocenters. The van der Waals surface area contributed by atoms with E-state index in [0.717, 1.165) is 31.4 Å². The first-order valence-electron chi connectivity index (χ1n) is 10.00. The van der Waals surface area contributed by atoms with E-state index in [1.54, 1.807) is 12.1 Å². The van der Waals surface area contributed by atoms with Crippen LogP contribution < -0.4 is 0 Å². The van der Waals surface area contributed by atoms with Crippen LogP contribution >= 0.6 is 11.8 Å². The van der Waals surface area contributed by atoms with Gasteiger partial charge in [0.2, 0.25) is 0 Å². The van der Waals surface area contributed by atoms with Crippen molar-refractivity contribution in [3.8, 4) is 6.07 Å². The van der Waals surface area contributed by atoms with Gasteiger partial charge in [-0.2, -0.15) is 18.4 Å². The number of benzene rings is 2. The zero-order chi connectivity index (χ0) is 22.4. The Bertz CT molecular complexity index is 967. The molecule has 164 valence electrons. The fraction of sp³-hybridized carbons (Fsp3) is 0.391. The number of halogens is 4. The number of hydrogen-bond acceptors (Lipinski definition) is 4. The number of ether oxygens (including phenoxy) is 1. The molecule has 0 spiro atoms. The highest BCUT2D eigenvalue weighted by atomic mass is 32.2. The number of nitriles is 1. The molecule has 3 rings (SSSR count). The van der Waals surface area contributed by atoms with Gasteiger partial charge in [-0.1, -0.05) is 49.7 Å². The Kier molecular flexibility index (Phi) is 7.74. The van der Waals surface area contributed by atoms with Gasteiger partial charge in [0.25, 0.3) is 0 Å². The lowest BCUT2D eigenvalue weighted by atomic mass is 10.1. The molecular weight excluding hydrogens is 428 g/mol. The van der Waals surface area contributed by atoms with Crippen molar-refractivity contribution in [3.05, 3.63) is 70.5 Å². The molecule has 0 saturated carbocycles. The Morgan fingerprint density at radius 2 is 1.90 bits per heavy atom. The lowest BCUT2D eigenvalue weighted by Gasteiger charge is -2.17. The Morgan fingerprint density at radius 1 is 1.16 bits per heavy atom. The molecule has 0 amide bonds. The summed E-state index contributed by atoms with van der Waals surface area (Å²) in [5.41, 5.74) is 0.603. The highest BCUT2D eigenvalue weighted by Crippen LogP contribution is 2.35. The molecule has 0 aromatic heterocycles. The largest absolute Gasteiger partial charge is 0.416 e. The molecule has 1 aliphatic rings. The third kappa shape index (κ3) is 6.08. The second-order valence-electron chi connectivity index (χ2n) is 7.32. The normalized spacial score (nSPS) is 18.6. The zero-order valence-electron chi connectivity index (χ0n) is 17.0. The van der Waals surface area contributed by atoms with E-state index in [1.165, 1.54) is 36.0 Å². The predicted octanol–water partition coefficient (Wildman–Crippen LogP) is 6.35. The first-order chi connectivity index (χ1) is 14.8. The molecule has 0 bridgehead atoms. The van der Waals surface area contributed by atoms with Crippen LogP contribution in [0.3, 0.4) is 0 Å². The number of alkyl halides is 3. The molecule has 2 aromatic rings. The maximum Gasteiger partial charge on any atom is 0.416 e. The summed E-state index contributed by atoms with van der Waals surface area (Å²) in [4.78, 5) is 4.75. The van der Waals surface area contributed by atoms with Crippen LogP contribution in [-0.4, -0.2) is 22.9 Å². The monoisotopic (exact) mass is 450 g/mol. The van der Waals surface area contributed by atoms with Crippen LogP contribution in [-0.2, 0) is 17.5 Å². The number of unbranched alkanes of at least 4 members (excludes halogenated alkanes) is 1. The fourth-order valence-electron chi connectivity index (χ4n) is 3.27. The average molecular weight is 451 g/mol. The smallest absolute Gasteiger partial charge is 0.376 e. The first kappa shape index (κ1) is 23.3. The summed E-state index contributed by atoms with van der Waals surface area (Å²) >= 11 is 1.51. The van der Waals surface area contributed by atoms with Gasteiger partial charge in [0, 0.05) is 5.56 Å². The Labute approximate surface area is 183 Å². The van der Waals surface area contributed by atoms with Crippen molar-refractivity contribution in [1.29, 1.82) is 5.26 Å². The van der Waals surface area contributed by atoms with Crippen molar-refractivity contribution >= 4 is 16.8 Å². The van der Waals surface area contributed by atoms with Crippen LogP contribution in [0.2, 0.25) is 0 Å². The van der Waals surface area contributed by atoms with Crippen molar-refractivity contribution in [3.63, 3.8) is 0 Å². The van der Waals surface area contributed by atoms with Gasteiger partial charge in [0.1, 0.15) is 11.9 Å². The fourth-order valence-corrected chi connectivity index (χ4v) is 4.54. The van der Waals surface area contributed by atoms with Crippen molar-refractivity contribution in [2.75, 3.05) is 6.61 Å². The van der Waals surface area contributed by atoms with Gasteiger partial charge in [-0.15, -0.1) is 0 Å². The summed E-state index contributed by atoms with van der Waals surface area (Å²) in [7, 11) is 0. The van der Waals surface area contributed by atoms with Gasteiger partial charge in [0.15, 0.2) is 0 Å². The molecule has 8 heteroatoms. The molecule has 1 aliphatic heterocycles. The lowest BCUT2D eigenvalue weighted by molar-refractivity contribution is -0.137. The quantitative estimate of drug-likeness (QED) is 0.440. The van der Waals surface area contributed by atoms with E-state index in [0.29, 0.717) is 22.8 Å². The van der Waals surface area contributed by atoms with Crippen molar-refractivity contribution in [2.24, 2.45) is 4.99 Å². The summed E-state index contributed by atoms with van der Waals surface area (Å²) in [5, 5.41) is 9.56. The van der Waals surface area contributed by atoms with E-state index in [1.807, 2.05) is 0 Å². The second-order valence-corrected chi connectivity index (χ2v) is 8.54. The lowest BCUT2D eigenvalue weighted by Crippen LogP contribution is -2.23. The molecule has 3 nitrogen and oxygen atoms in total. The van der Waals surface area contributed by atoms with Gasteiger partial charge in [0.05, 0.1) is 40.7 Å². The number of hydrogen-bond donors (Lipinski definition) is 0. The summed E-state index contributed by atoms with van der Waals surface area (Å²) in [6.45, 7) is 2.68. The van der Waals surface area contributed by atoms with Gasteiger partial charge < -0.3 is 4.74 Å². The molecule has 0 N–H and O–H groups in total. The number of rotatable bonds is 8. The maximum absolute atomic E-state index is 13.8. The Hall–Kier alpha value is -2.37. The summed E-state index contributed by atoms with van der Waals surface area (Å²) in [5.74, 6) is -0.576. The minimum Gasteiger partial charge on any atom is -0.376 e. The maximum atomic E-state index is 13.8. The van der Waals surface area contributed by atoms with Crippen LogP contribution in [0.4, 0.5) is 17.6 Å². The van der Waals surface area contributed by atoms with E-state index in [4.69, 9.17) is 15.0 Å².